The van der Waals surface area contributed by atoms with Crippen LogP contribution >= 0.6 is 11.8 Å². The van der Waals surface area contributed by atoms with Crippen LogP contribution in [0.2, 0.25) is 0 Å². The first-order chi connectivity index (χ1) is 13.2. The molecular formula is C19H17N5O2S. The third kappa shape index (κ3) is 3.85. The molecule has 8 heteroatoms. The molecule has 0 unspecified atom stereocenters. The molecule has 27 heavy (non-hydrogen) atoms. The number of benzene rings is 1. The van der Waals surface area contributed by atoms with Gasteiger partial charge in [-0.3, -0.25) is 19.9 Å². The normalized spacial score (nSPS) is 13.3. The minimum absolute atomic E-state index is 0.0157. The Hall–Kier alpha value is -3.13. The lowest BCUT2D eigenvalue weighted by atomic mass is 10.2. The molecule has 2 N–H and O–H groups in total. The van der Waals surface area contributed by atoms with Crippen LogP contribution in [0.4, 0.5) is 11.6 Å². The van der Waals surface area contributed by atoms with Gasteiger partial charge in [-0.05, 0) is 24.3 Å². The Labute approximate surface area is 160 Å². The lowest BCUT2D eigenvalue weighted by Crippen LogP contribution is -2.37. The summed E-state index contributed by atoms with van der Waals surface area (Å²) in [5.41, 5.74) is 2.34. The minimum atomic E-state index is -0.208. The fourth-order valence-corrected chi connectivity index (χ4v) is 3.78. The van der Waals surface area contributed by atoms with Gasteiger partial charge >= 0.3 is 0 Å². The first kappa shape index (κ1) is 17.3. The fraction of sp³-hybridized carbons (Fsp3) is 0.158. The van der Waals surface area contributed by atoms with Crippen molar-refractivity contribution in [2.24, 2.45) is 0 Å². The average Bonchev–Trinajstić information content (AvgIpc) is 3.16. The van der Waals surface area contributed by atoms with Gasteiger partial charge < -0.3 is 9.88 Å². The second kappa shape index (κ2) is 7.63. The summed E-state index contributed by atoms with van der Waals surface area (Å²) in [5.74, 6) is 0.563. The number of pyridine rings is 1. The number of imidazole rings is 1. The summed E-state index contributed by atoms with van der Waals surface area (Å²) >= 11 is 1.53. The quantitative estimate of drug-likeness (QED) is 0.711. The molecule has 136 valence electrons. The largest absolute Gasteiger partial charge is 0.323 e. The zero-order valence-electron chi connectivity index (χ0n) is 14.4. The average molecular weight is 379 g/mol. The highest BCUT2D eigenvalue weighted by atomic mass is 32.2. The van der Waals surface area contributed by atoms with Crippen molar-refractivity contribution >= 4 is 35.2 Å². The Morgan fingerprint density at radius 3 is 2.89 bits per heavy atom. The molecule has 0 radical (unpaired) electrons. The number of para-hydroxylation sites is 1. The van der Waals surface area contributed by atoms with Crippen LogP contribution in [-0.2, 0) is 9.59 Å². The van der Waals surface area contributed by atoms with Gasteiger partial charge in [0.1, 0.15) is 0 Å². The van der Waals surface area contributed by atoms with E-state index < -0.39 is 0 Å². The van der Waals surface area contributed by atoms with E-state index in [-0.39, 0.29) is 18.2 Å². The van der Waals surface area contributed by atoms with Crippen LogP contribution in [0.1, 0.15) is 6.42 Å². The molecule has 3 aromatic rings. The van der Waals surface area contributed by atoms with Crippen molar-refractivity contribution in [3.63, 3.8) is 0 Å². The number of nitrogens with one attached hydrogen (secondary N) is 2. The van der Waals surface area contributed by atoms with Gasteiger partial charge in [0.2, 0.25) is 17.8 Å². The fourth-order valence-electron chi connectivity index (χ4n) is 2.84. The summed E-state index contributed by atoms with van der Waals surface area (Å²) < 4.78 is 0. The minimum Gasteiger partial charge on any atom is -0.323 e. The number of anilines is 2. The molecule has 0 bridgehead atoms. The highest BCUT2D eigenvalue weighted by Crippen LogP contribution is 2.34. The van der Waals surface area contributed by atoms with Crippen LogP contribution < -0.4 is 10.2 Å². The van der Waals surface area contributed by atoms with E-state index in [1.54, 1.807) is 17.3 Å². The van der Waals surface area contributed by atoms with E-state index in [2.05, 4.69) is 20.3 Å². The predicted molar refractivity (Wildman–Crippen MR) is 105 cm³/mol. The SMILES string of the molecule is O=C(CCN1C(=O)CSc2ccccc21)Nc1ncc(-c2ccccn2)[nH]1. The van der Waals surface area contributed by atoms with E-state index in [0.29, 0.717) is 18.2 Å². The second-order valence-electron chi connectivity index (χ2n) is 5.96. The summed E-state index contributed by atoms with van der Waals surface area (Å²) in [6.07, 6.45) is 3.50. The van der Waals surface area contributed by atoms with Gasteiger partial charge in [0.05, 0.1) is 29.0 Å². The van der Waals surface area contributed by atoms with Crippen molar-refractivity contribution in [3.8, 4) is 11.4 Å². The van der Waals surface area contributed by atoms with E-state index in [0.717, 1.165) is 22.0 Å². The highest BCUT2D eigenvalue weighted by Gasteiger charge is 2.24. The summed E-state index contributed by atoms with van der Waals surface area (Å²) in [5, 5.41) is 2.73. The molecule has 1 aliphatic heterocycles. The van der Waals surface area contributed by atoms with E-state index in [4.69, 9.17) is 0 Å². The standard InChI is InChI=1S/C19H17N5O2S/c25-17(23-19-21-11-14(22-19)13-5-3-4-9-20-13)8-10-24-15-6-1-2-7-16(15)27-12-18(24)26/h1-7,9,11H,8,10,12H2,(H2,21,22,23,25). The third-order valence-electron chi connectivity index (χ3n) is 4.15. The van der Waals surface area contributed by atoms with Crippen molar-refractivity contribution < 1.29 is 9.59 Å². The number of nitrogens with zero attached hydrogens (tertiary/aromatic N) is 3. The molecule has 0 spiro atoms. The molecule has 1 aliphatic rings. The number of rotatable bonds is 5. The molecule has 2 amide bonds. The first-order valence-electron chi connectivity index (χ1n) is 8.49. The molecular weight excluding hydrogens is 362 g/mol. The molecule has 0 fully saturated rings. The number of H-pyrrole nitrogens is 1. The molecule has 2 aromatic heterocycles. The maximum atomic E-state index is 12.3. The van der Waals surface area contributed by atoms with Crippen LogP contribution in [0.3, 0.4) is 0 Å². The van der Waals surface area contributed by atoms with Gasteiger partial charge in [-0.15, -0.1) is 11.8 Å². The van der Waals surface area contributed by atoms with E-state index in [1.807, 2.05) is 42.5 Å². The number of hydrogen-bond acceptors (Lipinski definition) is 5. The molecule has 0 saturated carbocycles. The number of aromatic amines is 1. The second-order valence-corrected chi connectivity index (χ2v) is 6.98. The Morgan fingerprint density at radius 1 is 1.19 bits per heavy atom. The van der Waals surface area contributed by atoms with E-state index >= 15 is 0 Å². The monoisotopic (exact) mass is 379 g/mol. The zero-order chi connectivity index (χ0) is 18.6. The third-order valence-corrected chi connectivity index (χ3v) is 5.19. The summed E-state index contributed by atoms with van der Waals surface area (Å²) in [6, 6.07) is 13.3. The number of fused-ring (bicyclic) bond motifs is 1. The van der Waals surface area contributed by atoms with Crippen molar-refractivity contribution in [1.29, 1.82) is 0 Å². The molecule has 7 nitrogen and oxygen atoms in total. The Kier molecular flexibility index (Phi) is 4.88. The lowest BCUT2D eigenvalue weighted by Gasteiger charge is -2.28. The predicted octanol–water partition coefficient (Wildman–Crippen LogP) is 2.94. The van der Waals surface area contributed by atoms with Gasteiger partial charge in [0.25, 0.3) is 0 Å². The van der Waals surface area contributed by atoms with Gasteiger partial charge in [-0.1, -0.05) is 18.2 Å². The zero-order valence-corrected chi connectivity index (χ0v) is 15.2. The number of carbonyl (C=O) groups excluding carboxylic acids is 2. The van der Waals surface area contributed by atoms with Crippen LogP contribution in [0.15, 0.2) is 59.8 Å². The summed E-state index contributed by atoms with van der Waals surface area (Å²) in [7, 11) is 0. The van der Waals surface area contributed by atoms with Crippen molar-refractivity contribution in [3.05, 3.63) is 54.9 Å². The van der Waals surface area contributed by atoms with Crippen molar-refractivity contribution in [2.45, 2.75) is 11.3 Å². The maximum Gasteiger partial charge on any atom is 0.237 e. The first-order valence-corrected chi connectivity index (χ1v) is 9.48. The Balaban J connectivity index is 1.38. The summed E-state index contributed by atoms with van der Waals surface area (Å²) in [4.78, 5) is 38.7. The van der Waals surface area contributed by atoms with Gasteiger partial charge in [0, 0.05) is 24.1 Å². The van der Waals surface area contributed by atoms with E-state index in [9.17, 15) is 9.59 Å². The molecule has 1 aromatic carbocycles. The Morgan fingerprint density at radius 2 is 2.04 bits per heavy atom. The van der Waals surface area contributed by atoms with Crippen LogP contribution in [0.25, 0.3) is 11.4 Å². The van der Waals surface area contributed by atoms with Crippen LogP contribution in [0, 0.1) is 0 Å². The lowest BCUT2D eigenvalue weighted by molar-refractivity contribution is -0.117. The van der Waals surface area contributed by atoms with Gasteiger partial charge in [-0.25, -0.2) is 4.98 Å². The number of hydrogen-bond donors (Lipinski definition) is 2. The molecule has 0 saturated heterocycles. The van der Waals surface area contributed by atoms with Gasteiger partial charge in [-0.2, -0.15) is 0 Å². The number of carbonyl (C=O) groups is 2. The van der Waals surface area contributed by atoms with Gasteiger partial charge in [0.15, 0.2) is 0 Å². The maximum absolute atomic E-state index is 12.3. The molecule has 0 aliphatic carbocycles. The van der Waals surface area contributed by atoms with Crippen molar-refractivity contribution in [2.75, 3.05) is 22.5 Å². The smallest absolute Gasteiger partial charge is 0.237 e. The molecule has 4 rings (SSSR count). The van der Waals surface area contributed by atoms with Crippen molar-refractivity contribution in [1.82, 2.24) is 15.0 Å². The topological polar surface area (TPSA) is 91.0 Å². The summed E-state index contributed by atoms with van der Waals surface area (Å²) in [6.45, 7) is 0.329. The number of amides is 2. The van der Waals surface area contributed by atoms with Crippen LogP contribution in [0.5, 0.6) is 0 Å². The number of thioether (sulfide) groups is 1. The van der Waals surface area contributed by atoms with Crippen LogP contribution in [-0.4, -0.2) is 39.1 Å². The highest BCUT2D eigenvalue weighted by molar-refractivity contribution is 8.00. The Bertz CT molecular complexity index is 973. The molecule has 3 heterocycles. The number of aromatic nitrogens is 3. The molecule has 0 atom stereocenters. The van der Waals surface area contributed by atoms with E-state index in [1.165, 1.54) is 11.8 Å².